The van der Waals surface area contributed by atoms with Crippen molar-refractivity contribution in [3.63, 3.8) is 0 Å². The van der Waals surface area contributed by atoms with Gasteiger partial charge in [-0.15, -0.1) is 0 Å². The minimum Gasteiger partial charge on any atom is -0.465 e. The van der Waals surface area contributed by atoms with Crippen LogP contribution >= 0.6 is 11.8 Å². The quantitative estimate of drug-likeness (QED) is 0.521. The van der Waals surface area contributed by atoms with Crippen LogP contribution in [0.2, 0.25) is 0 Å². The smallest absolute Gasteiger partial charge is 0.325 e. The van der Waals surface area contributed by atoms with Crippen LogP contribution in [-0.2, 0) is 25.3 Å². The van der Waals surface area contributed by atoms with Gasteiger partial charge in [-0.2, -0.15) is 16.5 Å². The van der Waals surface area contributed by atoms with Gasteiger partial charge in [0.05, 0.1) is 11.5 Å². The number of benzene rings is 3. The van der Waals surface area contributed by atoms with E-state index in [1.54, 1.807) is 31.2 Å². The lowest BCUT2D eigenvalue weighted by atomic mass is 10.1. The Kier molecular flexibility index (Phi) is 7.30. The van der Waals surface area contributed by atoms with Crippen molar-refractivity contribution in [2.24, 2.45) is 0 Å². The van der Waals surface area contributed by atoms with Crippen LogP contribution in [0.3, 0.4) is 0 Å². The Balaban J connectivity index is 1.79. The Hall–Kier alpha value is -2.35. The molecule has 0 saturated carbocycles. The Morgan fingerprint density at radius 3 is 2.45 bits per heavy atom. The van der Waals surface area contributed by atoms with E-state index in [0.717, 1.165) is 10.9 Å². The van der Waals surface area contributed by atoms with Gasteiger partial charge in [-0.05, 0) is 23.9 Å². The maximum Gasteiger partial charge on any atom is 0.325 e. The highest BCUT2D eigenvalue weighted by Gasteiger charge is 2.27. The predicted octanol–water partition coefficient (Wildman–Crippen LogP) is 3.98. The van der Waals surface area contributed by atoms with Gasteiger partial charge in [-0.1, -0.05) is 66.7 Å². The van der Waals surface area contributed by atoms with Crippen LogP contribution in [0.1, 0.15) is 12.5 Å². The lowest BCUT2D eigenvalue weighted by molar-refractivity contribution is -0.144. The molecule has 1 N–H and O–H groups in total. The maximum absolute atomic E-state index is 13.1. The zero-order valence-electron chi connectivity index (χ0n) is 16.1. The summed E-state index contributed by atoms with van der Waals surface area (Å²) in [6.45, 7) is 1.89. The molecule has 3 aromatic carbocycles. The fraction of sp³-hybridized carbons (Fsp3) is 0.227. The minimum atomic E-state index is -3.91. The monoisotopic (exact) mass is 429 g/mol. The van der Waals surface area contributed by atoms with E-state index in [1.165, 1.54) is 11.8 Å². The topological polar surface area (TPSA) is 72.5 Å². The van der Waals surface area contributed by atoms with E-state index < -0.39 is 22.0 Å². The molecule has 0 aromatic heterocycles. The van der Waals surface area contributed by atoms with Crippen LogP contribution in [0.4, 0.5) is 0 Å². The second kappa shape index (κ2) is 9.91. The second-order valence-electron chi connectivity index (χ2n) is 6.40. The number of thioether (sulfide) groups is 1. The molecule has 0 heterocycles. The number of carbonyl (C=O) groups excluding carboxylic acids is 1. The lowest BCUT2D eigenvalue weighted by Crippen LogP contribution is -2.43. The van der Waals surface area contributed by atoms with Crippen molar-refractivity contribution in [1.82, 2.24) is 4.72 Å². The third-order valence-corrected chi connectivity index (χ3v) is 6.94. The predicted molar refractivity (Wildman–Crippen MR) is 117 cm³/mol. The summed E-state index contributed by atoms with van der Waals surface area (Å²) < 4.78 is 33.8. The van der Waals surface area contributed by atoms with Gasteiger partial charge in [0.15, 0.2) is 0 Å². The van der Waals surface area contributed by atoms with Crippen LogP contribution in [0.5, 0.6) is 0 Å². The minimum absolute atomic E-state index is 0.151. The molecule has 0 bridgehead atoms. The Morgan fingerprint density at radius 2 is 1.69 bits per heavy atom. The van der Waals surface area contributed by atoms with E-state index in [0.29, 0.717) is 11.1 Å². The van der Waals surface area contributed by atoms with Gasteiger partial charge in [-0.25, -0.2) is 8.42 Å². The molecule has 5 nitrogen and oxygen atoms in total. The van der Waals surface area contributed by atoms with Gasteiger partial charge in [0.2, 0.25) is 10.0 Å². The zero-order chi connectivity index (χ0) is 20.7. The summed E-state index contributed by atoms with van der Waals surface area (Å²) in [5.74, 6) is 0.377. The van der Waals surface area contributed by atoms with Crippen LogP contribution < -0.4 is 4.72 Å². The molecule has 0 aliphatic heterocycles. The van der Waals surface area contributed by atoms with Crippen molar-refractivity contribution in [3.8, 4) is 0 Å². The summed E-state index contributed by atoms with van der Waals surface area (Å²) >= 11 is 1.48. The van der Waals surface area contributed by atoms with Crippen molar-refractivity contribution < 1.29 is 17.9 Å². The van der Waals surface area contributed by atoms with E-state index in [1.807, 2.05) is 48.5 Å². The third kappa shape index (κ3) is 5.59. The maximum atomic E-state index is 13.1. The average Bonchev–Trinajstić information content (AvgIpc) is 2.73. The summed E-state index contributed by atoms with van der Waals surface area (Å²) in [4.78, 5) is 12.5. The number of fused-ring (bicyclic) bond motifs is 1. The SMILES string of the molecule is CCOC(=O)C(CSCc1ccccc1)NS(=O)(=O)c1cccc2ccccc12. The number of carbonyl (C=O) groups is 1. The fourth-order valence-corrected chi connectivity index (χ4v) is 5.46. The van der Waals surface area contributed by atoms with Crippen LogP contribution in [0.15, 0.2) is 77.7 Å². The average molecular weight is 430 g/mol. The molecule has 0 amide bonds. The van der Waals surface area contributed by atoms with Gasteiger partial charge in [0.1, 0.15) is 6.04 Å². The van der Waals surface area contributed by atoms with Crippen molar-refractivity contribution in [2.75, 3.05) is 12.4 Å². The first kappa shape index (κ1) is 21.4. The molecule has 0 saturated heterocycles. The number of sulfonamides is 1. The van der Waals surface area contributed by atoms with E-state index >= 15 is 0 Å². The van der Waals surface area contributed by atoms with Crippen LogP contribution in [0, 0.1) is 0 Å². The highest BCUT2D eigenvalue weighted by atomic mass is 32.2. The van der Waals surface area contributed by atoms with Crippen molar-refractivity contribution in [2.45, 2.75) is 23.6 Å². The standard InChI is InChI=1S/C22H23NO4S2/c1-2-27-22(24)20(16-28-15-17-9-4-3-5-10-17)23-29(25,26)21-14-8-12-18-11-6-7-13-19(18)21/h3-14,20,23H,2,15-16H2,1H3. The van der Waals surface area contributed by atoms with Gasteiger partial charge < -0.3 is 4.74 Å². The number of esters is 1. The van der Waals surface area contributed by atoms with Gasteiger partial charge >= 0.3 is 5.97 Å². The van der Waals surface area contributed by atoms with E-state index in [-0.39, 0.29) is 17.3 Å². The molecular weight excluding hydrogens is 406 g/mol. The van der Waals surface area contributed by atoms with Gasteiger partial charge in [-0.3, -0.25) is 4.79 Å². The summed E-state index contributed by atoms with van der Waals surface area (Å²) in [7, 11) is -3.91. The Morgan fingerprint density at radius 1 is 1.00 bits per heavy atom. The molecule has 0 spiro atoms. The fourth-order valence-electron chi connectivity index (χ4n) is 2.94. The number of hydrogen-bond donors (Lipinski definition) is 1. The molecule has 1 unspecified atom stereocenters. The molecule has 29 heavy (non-hydrogen) atoms. The van der Waals surface area contributed by atoms with E-state index in [9.17, 15) is 13.2 Å². The van der Waals surface area contributed by atoms with Crippen molar-refractivity contribution in [1.29, 1.82) is 0 Å². The molecule has 3 rings (SSSR count). The largest absolute Gasteiger partial charge is 0.465 e. The summed E-state index contributed by atoms with van der Waals surface area (Å²) in [6, 6.07) is 21.2. The molecule has 3 aromatic rings. The molecule has 152 valence electrons. The molecule has 0 aliphatic carbocycles. The van der Waals surface area contributed by atoms with Crippen molar-refractivity contribution in [3.05, 3.63) is 78.4 Å². The zero-order valence-corrected chi connectivity index (χ0v) is 17.7. The number of hydrogen-bond acceptors (Lipinski definition) is 5. The molecule has 7 heteroatoms. The normalized spacial score (nSPS) is 12.6. The molecule has 0 fully saturated rings. The first-order chi connectivity index (χ1) is 14.0. The third-order valence-electron chi connectivity index (χ3n) is 4.30. The molecular formula is C22H23NO4S2. The Labute approximate surface area is 175 Å². The second-order valence-corrected chi connectivity index (χ2v) is 9.12. The molecule has 0 radical (unpaired) electrons. The number of rotatable bonds is 9. The Bertz CT molecular complexity index is 1060. The molecule has 0 aliphatic rings. The summed E-state index contributed by atoms with van der Waals surface area (Å²) in [5.41, 5.74) is 1.11. The van der Waals surface area contributed by atoms with Gasteiger partial charge in [0, 0.05) is 16.9 Å². The first-order valence-corrected chi connectivity index (χ1v) is 11.9. The number of nitrogens with one attached hydrogen (secondary N) is 1. The van der Waals surface area contributed by atoms with Gasteiger partial charge in [0.25, 0.3) is 0 Å². The van der Waals surface area contributed by atoms with Crippen LogP contribution in [0.25, 0.3) is 10.8 Å². The summed E-state index contributed by atoms with van der Waals surface area (Å²) in [5, 5.41) is 1.43. The lowest BCUT2D eigenvalue weighted by Gasteiger charge is -2.18. The first-order valence-electron chi connectivity index (χ1n) is 9.29. The van der Waals surface area contributed by atoms with Crippen LogP contribution in [-0.4, -0.2) is 32.8 Å². The van der Waals surface area contributed by atoms with E-state index in [4.69, 9.17) is 4.74 Å². The van der Waals surface area contributed by atoms with E-state index in [2.05, 4.69) is 4.72 Å². The highest BCUT2D eigenvalue weighted by Crippen LogP contribution is 2.23. The van der Waals surface area contributed by atoms with Crippen molar-refractivity contribution >= 4 is 38.5 Å². The number of ether oxygens (including phenoxy) is 1. The highest BCUT2D eigenvalue weighted by molar-refractivity contribution is 7.98. The summed E-state index contributed by atoms with van der Waals surface area (Å²) in [6.07, 6.45) is 0. The molecule has 1 atom stereocenters.